The van der Waals surface area contributed by atoms with Crippen LogP contribution in [0.25, 0.3) is 0 Å². The van der Waals surface area contributed by atoms with Gasteiger partial charge in [-0.25, -0.2) is 0 Å². The average molecular weight is 272 g/mol. The van der Waals surface area contributed by atoms with E-state index in [9.17, 15) is 14.9 Å². The molecule has 0 bridgehead atoms. The summed E-state index contributed by atoms with van der Waals surface area (Å²) in [6.45, 7) is 2.64. The van der Waals surface area contributed by atoms with E-state index in [0.29, 0.717) is 12.2 Å². The van der Waals surface area contributed by atoms with Crippen LogP contribution >= 0.6 is 11.6 Å². The van der Waals surface area contributed by atoms with E-state index in [4.69, 9.17) is 11.6 Å². The maximum absolute atomic E-state index is 11.3. The number of nitro benzene ring substituents is 1. The zero-order chi connectivity index (χ0) is 13.5. The number of amides is 1. The highest BCUT2D eigenvalue weighted by molar-refractivity contribution is 6.32. The number of nitro groups is 1. The summed E-state index contributed by atoms with van der Waals surface area (Å²) >= 11 is 5.67. The van der Waals surface area contributed by atoms with E-state index < -0.39 is 4.92 Å². The number of carbonyl (C=O) groups excluding carboxylic acids is 1. The molecular formula is C11H14ClN3O3. The van der Waals surface area contributed by atoms with Crippen LogP contribution in [0.2, 0.25) is 5.02 Å². The molecule has 98 valence electrons. The number of rotatable bonds is 6. The van der Waals surface area contributed by atoms with Gasteiger partial charge in [0.2, 0.25) is 5.91 Å². The molecule has 18 heavy (non-hydrogen) atoms. The Morgan fingerprint density at radius 2 is 2.22 bits per heavy atom. The molecule has 0 radical (unpaired) electrons. The molecule has 1 aromatic rings. The van der Waals surface area contributed by atoms with Crippen molar-refractivity contribution in [2.45, 2.75) is 13.3 Å². The Balaban J connectivity index is 2.60. The summed E-state index contributed by atoms with van der Waals surface area (Å²) in [4.78, 5) is 21.4. The molecule has 0 spiro atoms. The van der Waals surface area contributed by atoms with Crippen molar-refractivity contribution in [3.63, 3.8) is 0 Å². The second-order valence-electron chi connectivity index (χ2n) is 3.63. The molecule has 6 nitrogen and oxygen atoms in total. The molecule has 0 fully saturated rings. The molecule has 7 heteroatoms. The first-order valence-electron chi connectivity index (χ1n) is 5.49. The number of nitrogens with one attached hydrogen (secondary N) is 2. The van der Waals surface area contributed by atoms with Gasteiger partial charge in [0.1, 0.15) is 5.02 Å². The molecule has 1 rings (SSSR count). The Morgan fingerprint density at radius 3 is 2.83 bits per heavy atom. The van der Waals surface area contributed by atoms with Crippen LogP contribution in [0.4, 0.5) is 11.4 Å². The fourth-order valence-electron chi connectivity index (χ4n) is 1.27. The zero-order valence-electron chi connectivity index (χ0n) is 9.90. The Hall–Kier alpha value is -1.82. The SMILES string of the molecule is CCCNC(=O)CNc1ccc(Cl)c([N+](=O)[O-])c1. The van der Waals surface area contributed by atoms with Gasteiger partial charge in [-0.1, -0.05) is 18.5 Å². The molecule has 0 heterocycles. The highest BCUT2D eigenvalue weighted by Gasteiger charge is 2.12. The van der Waals surface area contributed by atoms with Crippen LogP contribution in [0.5, 0.6) is 0 Å². The number of nitrogens with zero attached hydrogens (tertiary/aromatic N) is 1. The van der Waals surface area contributed by atoms with Gasteiger partial charge >= 0.3 is 0 Å². The van der Waals surface area contributed by atoms with E-state index in [1.54, 1.807) is 6.07 Å². The predicted octanol–water partition coefficient (Wildman–Crippen LogP) is 2.19. The van der Waals surface area contributed by atoms with Gasteiger partial charge in [-0.3, -0.25) is 14.9 Å². The van der Waals surface area contributed by atoms with E-state index in [-0.39, 0.29) is 23.2 Å². The third-order valence-electron chi connectivity index (χ3n) is 2.17. The van der Waals surface area contributed by atoms with Gasteiger partial charge in [0, 0.05) is 18.3 Å². The first-order chi connectivity index (χ1) is 8.54. The standard InChI is InChI=1S/C11H14ClN3O3/c1-2-5-13-11(16)7-14-8-3-4-9(12)10(6-8)15(17)18/h3-4,6,14H,2,5,7H2,1H3,(H,13,16). The average Bonchev–Trinajstić information content (AvgIpc) is 2.35. The molecule has 0 aliphatic rings. The number of carbonyl (C=O) groups is 1. The maximum atomic E-state index is 11.3. The maximum Gasteiger partial charge on any atom is 0.289 e. The van der Waals surface area contributed by atoms with E-state index in [2.05, 4.69) is 10.6 Å². The van der Waals surface area contributed by atoms with Gasteiger partial charge in [-0.2, -0.15) is 0 Å². The second-order valence-corrected chi connectivity index (χ2v) is 4.03. The molecule has 0 aromatic heterocycles. The van der Waals surface area contributed by atoms with Crippen molar-refractivity contribution in [3.8, 4) is 0 Å². The van der Waals surface area contributed by atoms with Crippen molar-refractivity contribution in [2.75, 3.05) is 18.4 Å². The summed E-state index contributed by atoms with van der Waals surface area (Å²) in [6, 6.07) is 4.31. The molecule has 2 N–H and O–H groups in total. The number of hydrogen-bond acceptors (Lipinski definition) is 4. The van der Waals surface area contributed by atoms with E-state index in [1.165, 1.54) is 12.1 Å². The minimum atomic E-state index is -0.565. The van der Waals surface area contributed by atoms with Crippen molar-refractivity contribution < 1.29 is 9.72 Å². The van der Waals surface area contributed by atoms with Gasteiger partial charge in [-0.15, -0.1) is 0 Å². The summed E-state index contributed by atoms with van der Waals surface area (Å²) in [5.41, 5.74) is 0.299. The fraction of sp³-hybridized carbons (Fsp3) is 0.364. The monoisotopic (exact) mass is 271 g/mol. The lowest BCUT2D eigenvalue weighted by Gasteiger charge is -2.07. The second kappa shape index (κ2) is 6.80. The lowest BCUT2D eigenvalue weighted by Crippen LogP contribution is -2.30. The van der Waals surface area contributed by atoms with Gasteiger partial charge in [0.15, 0.2) is 0 Å². The lowest BCUT2D eigenvalue weighted by atomic mass is 10.3. The Kier molecular flexibility index (Phi) is 5.38. The first-order valence-corrected chi connectivity index (χ1v) is 5.87. The molecule has 0 saturated heterocycles. The van der Waals surface area contributed by atoms with E-state index >= 15 is 0 Å². The number of hydrogen-bond donors (Lipinski definition) is 2. The summed E-state index contributed by atoms with van der Waals surface area (Å²) in [7, 11) is 0. The Morgan fingerprint density at radius 1 is 1.50 bits per heavy atom. The van der Waals surface area contributed by atoms with Crippen LogP contribution < -0.4 is 10.6 Å². The summed E-state index contributed by atoms with van der Waals surface area (Å²) in [5.74, 6) is -0.158. The quantitative estimate of drug-likeness (QED) is 0.613. The van der Waals surface area contributed by atoms with E-state index in [0.717, 1.165) is 6.42 Å². The minimum absolute atomic E-state index is 0.0682. The highest BCUT2D eigenvalue weighted by Crippen LogP contribution is 2.27. The van der Waals surface area contributed by atoms with Crippen molar-refractivity contribution in [3.05, 3.63) is 33.3 Å². The number of halogens is 1. The molecule has 0 unspecified atom stereocenters. The third kappa shape index (κ3) is 4.21. The van der Waals surface area contributed by atoms with Crippen molar-refractivity contribution in [1.29, 1.82) is 0 Å². The fourth-order valence-corrected chi connectivity index (χ4v) is 1.46. The molecule has 0 aliphatic heterocycles. The Labute approximate surface area is 109 Å². The van der Waals surface area contributed by atoms with Crippen molar-refractivity contribution in [2.24, 2.45) is 0 Å². The molecular weight excluding hydrogens is 258 g/mol. The largest absolute Gasteiger partial charge is 0.376 e. The molecule has 0 atom stereocenters. The van der Waals surface area contributed by atoms with Crippen LogP contribution in [-0.2, 0) is 4.79 Å². The van der Waals surface area contributed by atoms with Crippen molar-refractivity contribution >= 4 is 28.9 Å². The summed E-state index contributed by atoms with van der Waals surface area (Å²) in [5, 5.41) is 16.2. The highest BCUT2D eigenvalue weighted by atomic mass is 35.5. The summed E-state index contributed by atoms with van der Waals surface area (Å²) < 4.78 is 0. The van der Waals surface area contributed by atoms with Gasteiger partial charge in [-0.05, 0) is 18.6 Å². The van der Waals surface area contributed by atoms with Crippen LogP contribution in [-0.4, -0.2) is 23.9 Å². The smallest absolute Gasteiger partial charge is 0.289 e. The number of benzene rings is 1. The molecule has 0 saturated carbocycles. The minimum Gasteiger partial charge on any atom is -0.376 e. The third-order valence-corrected chi connectivity index (χ3v) is 2.49. The predicted molar refractivity (Wildman–Crippen MR) is 69.9 cm³/mol. The van der Waals surface area contributed by atoms with Crippen molar-refractivity contribution in [1.82, 2.24) is 5.32 Å². The Bertz CT molecular complexity index is 451. The van der Waals surface area contributed by atoms with Crippen LogP contribution in [0, 0.1) is 10.1 Å². The van der Waals surface area contributed by atoms with Crippen LogP contribution in [0.3, 0.4) is 0 Å². The topological polar surface area (TPSA) is 84.3 Å². The molecule has 0 aliphatic carbocycles. The van der Waals surface area contributed by atoms with Gasteiger partial charge < -0.3 is 10.6 Å². The lowest BCUT2D eigenvalue weighted by molar-refractivity contribution is -0.384. The molecule has 1 amide bonds. The van der Waals surface area contributed by atoms with Gasteiger partial charge in [0.05, 0.1) is 11.5 Å². The van der Waals surface area contributed by atoms with E-state index in [1.807, 2.05) is 6.92 Å². The normalized spacial score (nSPS) is 9.89. The zero-order valence-corrected chi connectivity index (χ0v) is 10.7. The molecule has 1 aromatic carbocycles. The van der Waals surface area contributed by atoms with Crippen LogP contribution in [0.1, 0.15) is 13.3 Å². The van der Waals surface area contributed by atoms with Crippen LogP contribution in [0.15, 0.2) is 18.2 Å². The van der Waals surface area contributed by atoms with Gasteiger partial charge in [0.25, 0.3) is 5.69 Å². The summed E-state index contributed by atoms with van der Waals surface area (Å²) in [6.07, 6.45) is 0.859. The number of anilines is 1. The first kappa shape index (κ1) is 14.2.